The van der Waals surface area contributed by atoms with E-state index < -0.39 is 0 Å². The smallest absolute Gasteiger partial charge is 0.258 e. The van der Waals surface area contributed by atoms with Crippen LogP contribution in [0.15, 0.2) is 48.5 Å². The van der Waals surface area contributed by atoms with Gasteiger partial charge in [0.2, 0.25) is 0 Å². The highest BCUT2D eigenvalue weighted by atomic mass is 16.5. The number of methoxy groups -OCH3 is 1. The van der Waals surface area contributed by atoms with Crippen molar-refractivity contribution in [1.82, 2.24) is 5.32 Å². The number of likely N-dealkylation sites (N-methyl/N-ethyl adjacent to an activating group) is 1. The number of nitrogens with one attached hydrogen (secondary N) is 2. The minimum Gasteiger partial charge on any atom is -0.496 e. The molecule has 0 unspecified atom stereocenters. The molecule has 0 aromatic heterocycles. The summed E-state index contributed by atoms with van der Waals surface area (Å²) in [5.41, 5.74) is 1.60. The number of hydrogen-bond donors (Lipinski definition) is 2. The second-order valence-electron chi connectivity index (χ2n) is 6.10. The molecule has 0 aliphatic heterocycles. The first-order valence-corrected chi connectivity index (χ1v) is 8.37. The molecule has 26 heavy (non-hydrogen) atoms. The van der Waals surface area contributed by atoms with Gasteiger partial charge in [-0.05, 0) is 36.4 Å². The Kier molecular flexibility index (Phi) is 7.01. The van der Waals surface area contributed by atoms with Crippen LogP contribution in [0.1, 0.15) is 17.2 Å². The summed E-state index contributed by atoms with van der Waals surface area (Å²) in [6.07, 6.45) is 0. The lowest BCUT2D eigenvalue weighted by Gasteiger charge is -2.23. The third kappa shape index (κ3) is 5.23. The number of nitrogens with zero attached hydrogens (tertiary/aromatic N) is 1. The van der Waals surface area contributed by atoms with Gasteiger partial charge in [0.15, 0.2) is 6.61 Å². The second kappa shape index (κ2) is 9.44. The third-order valence-corrected chi connectivity index (χ3v) is 4.07. The number of ether oxygens (including phenoxy) is 2. The van der Waals surface area contributed by atoms with E-state index in [0.29, 0.717) is 17.9 Å². The molecule has 0 heterocycles. The summed E-state index contributed by atoms with van der Waals surface area (Å²) < 4.78 is 10.9. The zero-order chi connectivity index (χ0) is 18.9. The monoisotopic (exact) mass is 354 g/mol. The van der Waals surface area contributed by atoms with Gasteiger partial charge in [0.05, 0.1) is 44.9 Å². The fourth-order valence-corrected chi connectivity index (χ4v) is 2.62. The lowest BCUT2D eigenvalue weighted by Crippen LogP contribution is -3.07. The summed E-state index contributed by atoms with van der Waals surface area (Å²) in [5, 5.41) is 11.7. The van der Waals surface area contributed by atoms with Gasteiger partial charge in [-0.15, -0.1) is 0 Å². The molecule has 1 amide bonds. The summed E-state index contributed by atoms with van der Waals surface area (Å²) in [7, 11) is 5.72. The molecule has 6 heteroatoms. The molecular weight excluding hydrogens is 330 g/mol. The zero-order valence-corrected chi connectivity index (χ0v) is 15.3. The van der Waals surface area contributed by atoms with Crippen molar-refractivity contribution in [2.75, 3.05) is 34.4 Å². The zero-order valence-electron chi connectivity index (χ0n) is 15.3. The van der Waals surface area contributed by atoms with Gasteiger partial charge in [0, 0.05) is 0 Å². The highest BCUT2D eigenvalue weighted by Gasteiger charge is 2.22. The number of benzene rings is 2. The van der Waals surface area contributed by atoms with Gasteiger partial charge >= 0.3 is 0 Å². The van der Waals surface area contributed by atoms with E-state index in [1.165, 1.54) is 4.90 Å². The fraction of sp³-hybridized carbons (Fsp3) is 0.300. The van der Waals surface area contributed by atoms with Gasteiger partial charge in [0.1, 0.15) is 17.5 Å². The molecule has 2 aromatic carbocycles. The van der Waals surface area contributed by atoms with Crippen molar-refractivity contribution in [1.29, 1.82) is 5.26 Å². The average Bonchev–Trinajstić information content (AvgIpc) is 2.67. The van der Waals surface area contributed by atoms with E-state index in [1.807, 2.05) is 44.4 Å². The van der Waals surface area contributed by atoms with E-state index in [-0.39, 0.29) is 18.6 Å². The molecule has 2 N–H and O–H groups in total. The average molecular weight is 354 g/mol. The highest BCUT2D eigenvalue weighted by Crippen LogP contribution is 2.22. The Morgan fingerprint density at radius 1 is 1.19 bits per heavy atom. The summed E-state index contributed by atoms with van der Waals surface area (Å²) in [6.45, 7) is 0.394. The Labute approximate surface area is 153 Å². The molecule has 0 aliphatic rings. The molecule has 0 aliphatic carbocycles. The van der Waals surface area contributed by atoms with Gasteiger partial charge < -0.3 is 19.7 Å². The molecule has 6 nitrogen and oxygen atoms in total. The van der Waals surface area contributed by atoms with Crippen LogP contribution in [-0.4, -0.2) is 40.3 Å². The van der Waals surface area contributed by atoms with Crippen LogP contribution in [0.4, 0.5) is 0 Å². The first-order chi connectivity index (χ1) is 12.5. The highest BCUT2D eigenvalue weighted by molar-refractivity contribution is 5.77. The number of carbonyl (C=O) groups is 1. The normalized spacial score (nSPS) is 11.5. The number of amides is 1. The summed E-state index contributed by atoms with van der Waals surface area (Å²) in [4.78, 5) is 13.3. The molecule has 136 valence electrons. The van der Waals surface area contributed by atoms with Crippen molar-refractivity contribution in [3.63, 3.8) is 0 Å². The number of carbonyl (C=O) groups excluding carboxylic acids is 1. The van der Waals surface area contributed by atoms with Crippen LogP contribution in [0.5, 0.6) is 11.5 Å². The van der Waals surface area contributed by atoms with E-state index >= 15 is 0 Å². The van der Waals surface area contributed by atoms with Gasteiger partial charge in [0.25, 0.3) is 5.91 Å². The summed E-state index contributed by atoms with van der Waals surface area (Å²) in [6, 6.07) is 16.6. The largest absolute Gasteiger partial charge is 0.496 e. The van der Waals surface area contributed by atoms with E-state index in [1.54, 1.807) is 31.4 Å². The van der Waals surface area contributed by atoms with Gasteiger partial charge in [-0.25, -0.2) is 0 Å². The maximum atomic E-state index is 12.1. The minimum atomic E-state index is -0.199. The number of para-hydroxylation sites is 1. The number of rotatable bonds is 8. The van der Waals surface area contributed by atoms with E-state index in [2.05, 4.69) is 5.32 Å². The van der Waals surface area contributed by atoms with Crippen molar-refractivity contribution in [2.24, 2.45) is 0 Å². The maximum absolute atomic E-state index is 12.1. The van der Waals surface area contributed by atoms with E-state index in [4.69, 9.17) is 14.7 Å². The minimum absolute atomic E-state index is 0.0602. The van der Waals surface area contributed by atoms with Crippen LogP contribution in [-0.2, 0) is 4.79 Å². The van der Waals surface area contributed by atoms with Crippen molar-refractivity contribution < 1.29 is 19.2 Å². The predicted octanol–water partition coefficient (Wildman–Crippen LogP) is 0.948. The molecule has 0 bridgehead atoms. The molecule has 0 radical (unpaired) electrons. The first kappa shape index (κ1) is 19.3. The van der Waals surface area contributed by atoms with Crippen LogP contribution >= 0.6 is 0 Å². The molecule has 1 atom stereocenters. The Bertz CT molecular complexity index is 767. The van der Waals surface area contributed by atoms with E-state index in [9.17, 15) is 4.79 Å². The standard InChI is InChI=1S/C20H23N3O3/c1-23(2)18(17-6-4-5-7-19(17)25-3)13-22-20(24)14-26-16-10-8-15(12-21)9-11-16/h4-11,18H,13-14H2,1-3H3,(H,22,24)/p+1/t18-/m0/s1. The third-order valence-electron chi connectivity index (χ3n) is 4.07. The second-order valence-corrected chi connectivity index (χ2v) is 6.10. The maximum Gasteiger partial charge on any atom is 0.258 e. The number of quaternary nitrogens is 1. The number of nitriles is 1. The molecule has 0 fully saturated rings. The summed E-state index contributed by atoms with van der Waals surface area (Å²) in [5.74, 6) is 1.16. The lowest BCUT2D eigenvalue weighted by atomic mass is 10.0. The molecule has 2 rings (SSSR count). The van der Waals surface area contributed by atoms with Crippen LogP contribution in [0.25, 0.3) is 0 Å². The Morgan fingerprint density at radius 3 is 2.50 bits per heavy atom. The Hall–Kier alpha value is -3.04. The van der Waals surface area contributed by atoms with Gasteiger partial charge in [-0.3, -0.25) is 4.79 Å². The van der Waals surface area contributed by atoms with Crippen LogP contribution in [0, 0.1) is 11.3 Å². The Morgan fingerprint density at radius 2 is 1.88 bits per heavy atom. The first-order valence-electron chi connectivity index (χ1n) is 8.37. The predicted molar refractivity (Wildman–Crippen MR) is 98.2 cm³/mol. The van der Waals surface area contributed by atoms with Gasteiger partial charge in [-0.2, -0.15) is 5.26 Å². The van der Waals surface area contributed by atoms with Crippen molar-refractivity contribution in [2.45, 2.75) is 6.04 Å². The van der Waals surface area contributed by atoms with Crippen molar-refractivity contribution in [3.05, 3.63) is 59.7 Å². The van der Waals surface area contributed by atoms with Crippen LogP contribution in [0.2, 0.25) is 0 Å². The van der Waals surface area contributed by atoms with Crippen LogP contribution in [0.3, 0.4) is 0 Å². The quantitative estimate of drug-likeness (QED) is 0.740. The van der Waals surface area contributed by atoms with Crippen molar-refractivity contribution >= 4 is 5.91 Å². The molecule has 0 saturated carbocycles. The molecule has 2 aromatic rings. The van der Waals surface area contributed by atoms with Gasteiger partial charge in [-0.1, -0.05) is 12.1 Å². The van der Waals surface area contributed by atoms with Crippen molar-refractivity contribution in [3.8, 4) is 17.6 Å². The SMILES string of the molecule is COc1ccccc1[C@H](CNC(=O)COc1ccc(C#N)cc1)[NH+](C)C. The molecule has 0 spiro atoms. The fourth-order valence-electron chi connectivity index (χ4n) is 2.62. The molecular formula is C20H24N3O3+. The topological polar surface area (TPSA) is 75.8 Å². The number of hydrogen-bond acceptors (Lipinski definition) is 4. The lowest BCUT2D eigenvalue weighted by molar-refractivity contribution is -0.890. The Balaban J connectivity index is 1.92. The summed E-state index contributed by atoms with van der Waals surface area (Å²) >= 11 is 0. The van der Waals surface area contributed by atoms with E-state index in [0.717, 1.165) is 11.3 Å². The van der Waals surface area contributed by atoms with Crippen LogP contribution < -0.4 is 19.7 Å². The molecule has 0 saturated heterocycles.